The maximum atomic E-state index is 9.87. The van der Waals surface area contributed by atoms with Crippen LogP contribution < -0.4 is 5.30 Å². The van der Waals surface area contributed by atoms with Crippen LogP contribution in [-0.2, 0) is 0 Å². The van der Waals surface area contributed by atoms with E-state index in [4.69, 9.17) is 0 Å². The summed E-state index contributed by atoms with van der Waals surface area (Å²) in [7, 11) is -1.36. The van der Waals surface area contributed by atoms with E-state index < -0.39 is 8.15 Å². The van der Waals surface area contributed by atoms with E-state index in [9.17, 15) is 4.89 Å². The van der Waals surface area contributed by atoms with Crippen molar-refractivity contribution in [2.24, 2.45) is 0 Å². The van der Waals surface area contributed by atoms with Crippen LogP contribution in [0.3, 0.4) is 0 Å². The fraction of sp³-hybridized carbons (Fsp3) is 0. The second-order valence-corrected chi connectivity index (χ2v) is 4.61. The Kier molecular flexibility index (Phi) is 3.87. The van der Waals surface area contributed by atoms with Gasteiger partial charge in [-0.05, 0) is 5.56 Å². The summed E-state index contributed by atoms with van der Waals surface area (Å²) in [5.74, 6) is 2.89. The Bertz CT molecular complexity index is 451. The van der Waals surface area contributed by atoms with Crippen LogP contribution in [0.1, 0.15) is 5.56 Å². The number of hydrogen-bond acceptors (Lipinski definition) is 1. The fourth-order valence-electron chi connectivity index (χ4n) is 1.27. The van der Waals surface area contributed by atoms with E-state index in [1.54, 1.807) is 0 Å². The summed E-state index contributed by atoms with van der Waals surface area (Å²) in [4.78, 5) is 9.87. The molecule has 0 amide bonds. The second kappa shape index (κ2) is 5.60. The normalized spacial score (nSPS) is 12.8. The highest BCUT2D eigenvalue weighted by molar-refractivity contribution is 7.61. The summed E-state index contributed by atoms with van der Waals surface area (Å²) in [6.45, 7) is 0. The first-order chi connectivity index (χ1) is 7.86. The Balaban J connectivity index is 2.08. The van der Waals surface area contributed by atoms with Crippen molar-refractivity contribution in [1.29, 1.82) is 0 Å². The maximum absolute atomic E-state index is 9.87. The molecule has 0 aromatic heterocycles. The highest BCUT2D eigenvalue weighted by Crippen LogP contribution is 2.29. The van der Waals surface area contributed by atoms with Crippen LogP contribution >= 0.6 is 8.15 Å². The Hall–Kier alpha value is -1.43. The van der Waals surface area contributed by atoms with Crippen molar-refractivity contribution in [2.75, 3.05) is 0 Å². The summed E-state index contributed by atoms with van der Waals surface area (Å²) >= 11 is 0. The van der Waals surface area contributed by atoms with Gasteiger partial charge in [-0.1, -0.05) is 60.7 Å². The molecule has 0 heterocycles. The van der Waals surface area contributed by atoms with Crippen molar-refractivity contribution in [3.63, 3.8) is 0 Å². The molecule has 2 radical (unpaired) electrons. The molecule has 0 spiro atoms. The minimum Gasteiger partial charge on any atom is -0.364 e. The molecule has 0 saturated heterocycles. The van der Waals surface area contributed by atoms with Gasteiger partial charge in [-0.15, -0.1) is 0 Å². The topological polar surface area (TPSA) is 20.2 Å². The molecule has 0 aliphatic carbocycles. The fourth-order valence-corrected chi connectivity index (χ4v) is 2.09. The number of hydrogen-bond donors (Lipinski definition) is 1. The summed E-state index contributed by atoms with van der Waals surface area (Å²) in [6, 6.07) is 19.2. The molecular weight excluding hydrogens is 215 g/mol. The zero-order valence-corrected chi connectivity index (χ0v) is 9.56. The lowest BCUT2D eigenvalue weighted by molar-refractivity contribution is 0.642. The lowest BCUT2D eigenvalue weighted by atomic mass is 10.2. The van der Waals surface area contributed by atoms with E-state index in [1.807, 2.05) is 60.7 Å². The molecule has 2 rings (SSSR count). The van der Waals surface area contributed by atoms with E-state index >= 15 is 0 Å². The predicted octanol–water partition coefficient (Wildman–Crippen LogP) is 2.87. The summed E-state index contributed by atoms with van der Waals surface area (Å²) in [6.07, 6.45) is 2.97. The quantitative estimate of drug-likeness (QED) is 0.798. The SMILES string of the molecule is OP([C]=[C]c1ccccc1)c1ccccc1. The highest BCUT2D eigenvalue weighted by atomic mass is 31.1. The second-order valence-electron chi connectivity index (χ2n) is 3.25. The monoisotopic (exact) mass is 226 g/mol. The van der Waals surface area contributed by atoms with Crippen LogP contribution in [0, 0.1) is 11.9 Å². The molecule has 1 N–H and O–H groups in total. The average molecular weight is 226 g/mol. The summed E-state index contributed by atoms with van der Waals surface area (Å²) in [5, 5.41) is 0.890. The van der Waals surface area contributed by atoms with E-state index in [0.717, 1.165) is 10.9 Å². The Labute approximate surface area is 96.9 Å². The summed E-state index contributed by atoms with van der Waals surface area (Å²) < 4.78 is 0. The van der Waals surface area contributed by atoms with Crippen molar-refractivity contribution in [3.8, 4) is 0 Å². The minimum absolute atomic E-state index is 0.890. The largest absolute Gasteiger partial charge is 0.364 e. The third-order valence-corrected chi connectivity index (χ3v) is 3.19. The molecule has 2 aromatic carbocycles. The molecule has 0 fully saturated rings. The molecule has 1 unspecified atom stereocenters. The predicted molar refractivity (Wildman–Crippen MR) is 67.2 cm³/mol. The molecule has 78 valence electrons. The molecular formula is C14H11OP. The molecule has 2 aromatic rings. The lowest BCUT2D eigenvalue weighted by Crippen LogP contribution is -1.96. The minimum atomic E-state index is -1.36. The van der Waals surface area contributed by atoms with Gasteiger partial charge in [-0.25, -0.2) is 0 Å². The van der Waals surface area contributed by atoms with E-state index in [1.165, 1.54) is 0 Å². The van der Waals surface area contributed by atoms with Gasteiger partial charge < -0.3 is 4.89 Å². The van der Waals surface area contributed by atoms with Gasteiger partial charge >= 0.3 is 0 Å². The Morgan fingerprint density at radius 2 is 1.38 bits per heavy atom. The number of benzene rings is 2. The Morgan fingerprint density at radius 3 is 2.00 bits per heavy atom. The average Bonchev–Trinajstić information content (AvgIpc) is 2.38. The maximum Gasteiger partial charge on any atom is 0.0891 e. The zero-order valence-electron chi connectivity index (χ0n) is 8.67. The van der Waals surface area contributed by atoms with Crippen molar-refractivity contribution in [2.45, 2.75) is 0 Å². The van der Waals surface area contributed by atoms with Gasteiger partial charge in [0.2, 0.25) is 0 Å². The molecule has 0 aliphatic heterocycles. The van der Waals surface area contributed by atoms with Crippen LogP contribution in [0.25, 0.3) is 0 Å². The third kappa shape index (κ3) is 3.03. The summed E-state index contributed by atoms with van der Waals surface area (Å²) in [5.41, 5.74) is 0.931. The zero-order chi connectivity index (χ0) is 11.2. The van der Waals surface area contributed by atoms with Crippen LogP contribution in [0.15, 0.2) is 60.7 Å². The van der Waals surface area contributed by atoms with Gasteiger partial charge in [0, 0.05) is 17.2 Å². The molecule has 0 aliphatic rings. The first-order valence-corrected chi connectivity index (χ1v) is 6.26. The van der Waals surface area contributed by atoms with E-state index in [2.05, 4.69) is 11.9 Å². The first-order valence-electron chi connectivity index (χ1n) is 4.97. The molecule has 0 saturated carbocycles. The van der Waals surface area contributed by atoms with Gasteiger partial charge in [0.15, 0.2) is 0 Å². The molecule has 0 bridgehead atoms. The first kappa shape index (κ1) is 11.1. The molecule has 16 heavy (non-hydrogen) atoms. The van der Waals surface area contributed by atoms with Gasteiger partial charge in [0.25, 0.3) is 0 Å². The third-order valence-electron chi connectivity index (χ3n) is 2.08. The van der Waals surface area contributed by atoms with Crippen molar-refractivity contribution in [3.05, 3.63) is 78.1 Å². The van der Waals surface area contributed by atoms with Crippen LogP contribution in [0.5, 0.6) is 0 Å². The van der Waals surface area contributed by atoms with E-state index in [-0.39, 0.29) is 0 Å². The van der Waals surface area contributed by atoms with Crippen molar-refractivity contribution in [1.82, 2.24) is 0 Å². The van der Waals surface area contributed by atoms with Crippen molar-refractivity contribution >= 4 is 13.5 Å². The molecule has 1 nitrogen and oxygen atoms in total. The Morgan fingerprint density at radius 1 is 0.812 bits per heavy atom. The van der Waals surface area contributed by atoms with Gasteiger partial charge in [0.05, 0.1) is 8.15 Å². The van der Waals surface area contributed by atoms with E-state index in [0.29, 0.717) is 0 Å². The van der Waals surface area contributed by atoms with Crippen molar-refractivity contribution < 1.29 is 4.89 Å². The van der Waals surface area contributed by atoms with Gasteiger partial charge in [0.1, 0.15) is 0 Å². The van der Waals surface area contributed by atoms with Crippen LogP contribution in [0.4, 0.5) is 0 Å². The smallest absolute Gasteiger partial charge is 0.0891 e. The van der Waals surface area contributed by atoms with Gasteiger partial charge in [-0.2, -0.15) is 0 Å². The lowest BCUT2D eigenvalue weighted by Gasteiger charge is -2.03. The van der Waals surface area contributed by atoms with Crippen LogP contribution in [-0.4, -0.2) is 4.89 Å². The number of rotatable bonds is 3. The molecule has 1 atom stereocenters. The highest BCUT2D eigenvalue weighted by Gasteiger charge is 2.02. The standard InChI is InChI=1S/C14H11OP/c15-16(14-9-5-2-6-10-14)12-11-13-7-3-1-4-8-13/h1-10,15H. The molecule has 2 heteroatoms. The van der Waals surface area contributed by atoms with Crippen LogP contribution in [0.2, 0.25) is 0 Å². The van der Waals surface area contributed by atoms with Gasteiger partial charge in [-0.3, -0.25) is 0 Å².